The average Bonchev–Trinajstić information content (AvgIpc) is 4.02. The lowest BCUT2D eigenvalue weighted by molar-refractivity contribution is -0.158. The maximum absolute atomic E-state index is 15.0. The number of likely N-dealkylation sites (N-methyl/N-ethyl adjacent to an activating group) is 5. The molecule has 9 atom stereocenters. The number of hydrogen-bond acceptors (Lipinski definition) is 8. The van der Waals surface area contributed by atoms with E-state index in [1.165, 1.54) is 50.7 Å². The van der Waals surface area contributed by atoms with E-state index in [-0.39, 0.29) is 41.8 Å². The second-order valence-corrected chi connectivity index (χ2v) is 21.8. The van der Waals surface area contributed by atoms with Crippen molar-refractivity contribution < 1.29 is 38.4 Å². The highest BCUT2D eigenvalue weighted by molar-refractivity contribution is 5.98. The first-order valence-corrected chi connectivity index (χ1v) is 26.3. The van der Waals surface area contributed by atoms with Crippen LogP contribution in [-0.2, 0) is 44.8 Å². The zero-order chi connectivity index (χ0) is 52.9. The summed E-state index contributed by atoms with van der Waals surface area (Å²) in [5.74, 6) is -3.71. The number of Topliss-reactive ketones (excluding diaryl/α,β-unsaturated/α-hetero) is 1. The van der Waals surface area contributed by atoms with Crippen molar-refractivity contribution in [2.45, 2.75) is 189 Å². The first kappa shape index (κ1) is 59.5. The standard InChI is InChI=1S/C55H91N7O8/c1-17-18-19-21-26-38(8)33-39(9)49(64)56(12)40(10)50(65)58(14)47(36(4)5)54(69)60(16)48(37(6)7)55(70)59(15)46(35(2)3)53(68)57(13)45(34-42-27-22-20-23-28-42)52(67)62-32-25-30-44(62)51(66)61-31-24-29-43(61)41(11)63/h20,22-23,27-28,35-40,43-48H,17-19,21,24-26,29-34H2,1-16H3/t38-,39-,40+,43+,44+,45+,46+,47+,48+/m1/s1. The molecule has 2 saturated heterocycles. The summed E-state index contributed by atoms with van der Waals surface area (Å²) in [5.41, 5.74) is 0.813. The Morgan fingerprint density at radius 3 is 1.53 bits per heavy atom. The van der Waals surface area contributed by atoms with E-state index in [2.05, 4.69) is 13.8 Å². The number of likely N-dealkylation sites (tertiary alicyclic amines) is 2. The van der Waals surface area contributed by atoms with Gasteiger partial charge in [0.1, 0.15) is 36.3 Å². The van der Waals surface area contributed by atoms with Gasteiger partial charge in [0.2, 0.25) is 41.4 Å². The zero-order valence-electron chi connectivity index (χ0n) is 45.9. The molecule has 394 valence electrons. The van der Waals surface area contributed by atoms with Gasteiger partial charge in [0.15, 0.2) is 5.78 Å². The summed E-state index contributed by atoms with van der Waals surface area (Å²) < 4.78 is 0. The molecule has 3 rings (SSSR count). The Hall–Kier alpha value is -4.82. The lowest BCUT2D eigenvalue weighted by atomic mass is 9.91. The predicted octanol–water partition coefficient (Wildman–Crippen LogP) is 6.56. The topological polar surface area (TPSA) is 159 Å². The number of amides is 7. The number of rotatable bonds is 25. The van der Waals surface area contributed by atoms with Gasteiger partial charge < -0.3 is 34.3 Å². The molecular weight excluding hydrogens is 887 g/mol. The van der Waals surface area contributed by atoms with E-state index in [1.807, 2.05) is 78.8 Å². The molecule has 15 heteroatoms. The molecule has 0 saturated carbocycles. The molecule has 70 heavy (non-hydrogen) atoms. The summed E-state index contributed by atoms with van der Waals surface area (Å²) in [4.78, 5) is 124. The Labute approximate surface area is 421 Å². The summed E-state index contributed by atoms with van der Waals surface area (Å²) in [6.45, 7) is 21.2. The maximum atomic E-state index is 15.0. The summed E-state index contributed by atoms with van der Waals surface area (Å²) >= 11 is 0. The molecule has 1 aromatic carbocycles. The van der Waals surface area contributed by atoms with E-state index < -0.39 is 77.8 Å². The molecule has 0 bridgehead atoms. The van der Waals surface area contributed by atoms with Crippen molar-refractivity contribution in [2.24, 2.45) is 29.6 Å². The smallest absolute Gasteiger partial charge is 0.246 e. The number of unbranched alkanes of at least 4 members (excludes halogenated alkanes) is 3. The van der Waals surface area contributed by atoms with E-state index in [0.717, 1.165) is 24.8 Å². The minimum atomic E-state index is -1.05. The van der Waals surface area contributed by atoms with Gasteiger partial charge in [0, 0.05) is 60.7 Å². The monoisotopic (exact) mass is 978 g/mol. The molecule has 0 radical (unpaired) electrons. The third kappa shape index (κ3) is 14.6. The quantitative estimate of drug-likeness (QED) is 0.0998. The molecule has 0 unspecified atom stereocenters. The highest BCUT2D eigenvalue weighted by Crippen LogP contribution is 2.29. The Balaban J connectivity index is 1.88. The van der Waals surface area contributed by atoms with Crippen LogP contribution in [-0.4, -0.2) is 172 Å². The fourth-order valence-electron chi connectivity index (χ4n) is 11.0. The highest BCUT2D eigenvalue weighted by Gasteiger charge is 2.47. The van der Waals surface area contributed by atoms with Crippen molar-refractivity contribution in [1.82, 2.24) is 34.3 Å². The van der Waals surface area contributed by atoms with Crippen LogP contribution in [0.2, 0.25) is 0 Å². The van der Waals surface area contributed by atoms with Crippen LogP contribution in [0, 0.1) is 29.6 Å². The van der Waals surface area contributed by atoms with Gasteiger partial charge in [0.25, 0.3) is 0 Å². The molecule has 0 aliphatic carbocycles. The summed E-state index contributed by atoms with van der Waals surface area (Å²) in [6.07, 6.45) is 8.97. The van der Waals surface area contributed by atoms with E-state index in [1.54, 1.807) is 52.0 Å². The van der Waals surface area contributed by atoms with Gasteiger partial charge in [-0.2, -0.15) is 0 Å². The molecule has 2 fully saturated rings. The van der Waals surface area contributed by atoms with E-state index >= 15 is 4.79 Å². The van der Waals surface area contributed by atoms with Crippen molar-refractivity contribution in [3.8, 4) is 0 Å². The van der Waals surface area contributed by atoms with Crippen LogP contribution in [0.25, 0.3) is 0 Å². The van der Waals surface area contributed by atoms with Gasteiger partial charge in [-0.25, -0.2) is 0 Å². The van der Waals surface area contributed by atoms with Crippen LogP contribution < -0.4 is 0 Å². The molecule has 15 nitrogen and oxygen atoms in total. The van der Waals surface area contributed by atoms with Crippen LogP contribution >= 0.6 is 0 Å². The molecule has 0 aromatic heterocycles. The third-order valence-electron chi connectivity index (χ3n) is 15.2. The van der Waals surface area contributed by atoms with Crippen molar-refractivity contribution in [2.75, 3.05) is 48.3 Å². The molecule has 7 amide bonds. The minimum absolute atomic E-state index is 0.0782. The average molecular weight is 978 g/mol. The van der Waals surface area contributed by atoms with Gasteiger partial charge in [0.05, 0.1) is 6.04 Å². The van der Waals surface area contributed by atoms with E-state index in [9.17, 15) is 33.6 Å². The number of benzene rings is 1. The molecule has 0 spiro atoms. The zero-order valence-corrected chi connectivity index (χ0v) is 45.9. The van der Waals surface area contributed by atoms with Gasteiger partial charge in [-0.3, -0.25) is 38.4 Å². The van der Waals surface area contributed by atoms with Crippen LogP contribution in [0.5, 0.6) is 0 Å². The molecule has 2 aliphatic rings. The second kappa shape index (κ2) is 27.1. The number of carbonyl (C=O) groups excluding carboxylic acids is 8. The fraction of sp³-hybridized carbons (Fsp3) is 0.745. The van der Waals surface area contributed by atoms with Crippen molar-refractivity contribution in [1.29, 1.82) is 0 Å². The number of hydrogen-bond donors (Lipinski definition) is 0. The number of ketones is 1. The first-order chi connectivity index (χ1) is 32.8. The minimum Gasteiger partial charge on any atom is -0.334 e. The Kier molecular flexibility index (Phi) is 23.1. The highest BCUT2D eigenvalue weighted by atomic mass is 16.2. The first-order valence-electron chi connectivity index (χ1n) is 26.3. The van der Waals surface area contributed by atoms with Gasteiger partial charge in [-0.15, -0.1) is 0 Å². The Bertz CT molecular complexity index is 1940. The Morgan fingerprint density at radius 2 is 1.04 bits per heavy atom. The lowest BCUT2D eigenvalue weighted by Crippen LogP contribution is -2.62. The van der Waals surface area contributed by atoms with Crippen LogP contribution in [0.15, 0.2) is 30.3 Å². The largest absolute Gasteiger partial charge is 0.334 e. The second-order valence-electron chi connectivity index (χ2n) is 21.8. The van der Waals surface area contributed by atoms with Gasteiger partial charge in [-0.1, -0.05) is 125 Å². The van der Waals surface area contributed by atoms with Crippen molar-refractivity contribution in [3.05, 3.63) is 35.9 Å². The third-order valence-corrected chi connectivity index (χ3v) is 15.2. The van der Waals surface area contributed by atoms with Crippen LogP contribution in [0.1, 0.15) is 146 Å². The van der Waals surface area contributed by atoms with E-state index in [0.29, 0.717) is 44.7 Å². The molecule has 0 N–H and O–H groups in total. The SMILES string of the molecule is CCCCCC[C@@H](C)C[C@@H](C)C(=O)N(C)[C@@H](C)C(=O)N(C)[C@H](C(=O)N(C)[C@H](C(=O)N(C)[C@H](C(=O)N(C)[C@@H](Cc1ccccc1)C(=O)N1CCC[C@H]1C(=O)N1CCC[C@H]1C(C)=O)C(C)C)C(C)C)C(C)C. The number of carbonyl (C=O) groups is 8. The van der Waals surface area contributed by atoms with Crippen LogP contribution in [0.3, 0.4) is 0 Å². The van der Waals surface area contributed by atoms with Gasteiger partial charge >= 0.3 is 0 Å². The summed E-state index contributed by atoms with van der Waals surface area (Å²) in [6, 6.07) is 3.17. The predicted molar refractivity (Wildman–Crippen MR) is 275 cm³/mol. The summed E-state index contributed by atoms with van der Waals surface area (Å²) in [7, 11) is 7.88. The van der Waals surface area contributed by atoms with Crippen LogP contribution in [0.4, 0.5) is 0 Å². The molecule has 1 aromatic rings. The normalized spacial score (nSPS) is 19.0. The van der Waals surface area contributed by atoms with Gasteiger partial charge in [-0.05, 0) is 75.2 Å². The maximum Gasteiger partial charge on any atom is 0.246 e. The lowest BCUT2D eigenvalue weighted by Gasteiger charge is -2.42. The molecule has 2 aliphatic heterocycles. The van der Waals surface area contributed by atoms with Crippen molar-refractivity contribution in [3.63, 3.8) is 0 Å². The molecule has 2 heterocycles. The van der Waals surface area contributed by atoms with Crippen molar-refractivity contribution >= 4 is 47.1 Å². The number of nitrogens with zero attached hydrogens (tertiary/aromatic N) is 7. The van der Waals surface area contributed by atoms with E-state index in [4.69, 9.17) is 0 Å². The Morgan fingerprint density at radius 1 is 0.571 bits per heavy atom. The molecular formula is C55H91N7O8. The summed E-state index contributed by atoms with van der Waals surface area (Å²) in [5, 5.41) is 0. The fourth-order valence-corrected chi connectivity index (χ4v) is 11.0.